The molecule has 10 atom stereocenters. The zero-order valence-corrected chi connectivity index (χ0v) is 22.0. The topological polar surface area (TPSA) is 115 Å². The molecule has 0 radical (unpaired) electrons. The largest absolute Gasteiger partial charge is 0.481 e. The molecular weight excluding hydrogens is 444 g/mol. The molecule has 0 heterocycles. The van der Waals surface area contributed by atoms with Gasteiger partial charge in [-0.15, -0.1) is 0 Å². The third-order valence-corrected chi connectivity index (χ3v) is 11.0. The van der Waals surface area contributed by atoms with Crippen molar-refractivity contribution in [3.05, 3.63) is 23.3 Å². The second-order valence-corrected chi connectivity index (χ2v) is 12.9. The van der Waals surface area contributed by atoms with Gasteiger partial charge in [-0.05, 0) is 87.5 Å². The van der Waals surface area contributed by atoms with E-state index >= 15 is 0 Å². The van der Waals surface area contributed by atoms with Gasteiger partial charge >= 0.3 is 5.97 Å². The Morgan fingerprint density at radius 1 is 1.14 bits per heavy atom. The van der Waals surface area contributed by atoms with Gasteiger partial charge < -0.3 is 20.4 Å². The van der Waals surface area contributed by atoms with Gasteiger partial charge in [0.05, 0.1) is 23.7 Å². The Morgan fingerprint density at radius 2 is 1.80 bits per heavy atom. The number of carboxylic acids is 1. The lowest BCUT2D eigenvalue weighted by molar-refractivity contribution is -0.174. The van der Waals surface area contributed by atoms with Crippen molar-refractivity contribution in [2.75, 3.05) is 0 Å². The average molecular weight is 489 g/mol. The maximum absolute atomic E-state index is 13.9. The number of aliphatic hydroxyl groups excluding tert-OH is 2. The number of carboxylic acid groups (broad SMARTS) is 1. The summed E-state index contributed by atoms with van der Waals surface area (Å²) in [5, 5.41) is 42.4. The van der Waals surface area contributed by atoms with Crippen molar-refractivity contribution < 1.29 is 30.0 Å². The Kier molecular flexibility index (Phi) is 6.69. The minimum atomic E-state index is -1.34. The fraction of sp³-hybridized carbons (Fsp3) is 0.793. The van der Waals surface area contributed by atoms with E-state index in [1.807, 2.05) is 0 Å². The van der Waals surface area contributed by atoms with Crippen molar-refractivity contribution in [2.24, 2.45) is 40.4 Å². The maximum Gasteiger partial charge on any atom is 0.310 e. The van der Waals surface area contributed by atoms with Crippen LogP contribution in [0.5, 0.6) is 0 Å². The number of carbonyl (C=O) groups is 2. The van der Waals surface area contributed by atoms with Crippen molar-refractivity contribution in [1.82, 2.24) is 0 Å². The number of aliphatic hydroxyl groups is 3. The van der Waals surface area contributed by atoms with E-state index in [0.29, 0.717) is 43.9 Å². The first-order valence-electron chi connectivity index (χ1n) is 13.4. The van der Waals surface area contributed by atoms with Crippen molar-refractivity contribution in [3.63, 3.8) is 0 Å². The molecule has 6 nitrogen and oxygen atoms in total. The van der Waals surface area contributed by atoms with Crippen LogP contribution >= 0.6 is 0 Å². The van der Waals surface area contributed by atoms with Crippen LogP contribution in [-0.4, -0.2) is 50.0 Å². The molecule has 2 saturated carbocycles. The highest BCUT2D eigenvalue weighted by molar-refractivity contribution is 5.99. The molecule has 35 heavy (non-hydrogen) atoms. The first-order chi connectivity index (χ1) is 16.2. The van der Waals surface area contributed by atoms with Crippen molar-refractivity contribution in [1.29, 1.82) is 0 Å². The number of allylic oxidation sites excluding steroid dienone is 1. The van der Waals surface area contributed by atoms with E-state index in [0.717, 1.165) is 36.0 Å². The maximum atomic E-state index is 13.9. The van der Waals surface area contributed by atoms with Gasteiger partial charge in [-0.25, -0.2) is 0 Å². The summed E-state index contributed by atoms with van der Waals surface area (Å²) in [6, 6.07) is 0. The molecule has 0 saturated heterocycles. The molecule has 0 amide bonds. The Morgan fingerprint density at radius 3 is 2.43 bits per heavy atom. The molecule has 4 aliphatic rings. The lowest BCUT2D eigenvalue weighted by Gasteiger charge is -2.59. The number of hydrogen-bond acceptors (Lipinski definition) is 5. The van der Waals surface area contributed by atoms with Crippen LogP contribution in [0.3, 0.4) is 0 Å². The SMILES string of the molecule is C=C(CC[C@@H](C)[C@H]1CC[C@H]2C3=C(C(=O)C[C@]12C)[C@@]1(C)CC[C@@H](O)[C@](C)(O)[C@@H]1C[C@@H]3O)C(C)C(=O)O. The standard InChI is InChI=1S/C29H44O6/c1-15(17(3)26(33)34)7-8-16(2)18-9-10-19-24-20(30)13-22-27(4,12-11-23(32)29(22,6)35)25(24)21(31)14-28(18,19)5/h16-20,22-23,30,32,35H,1,7-14H2,2-6H3,(H,33,34)/t16-,17?,18-,19+,20+,22-,23-,27+,28-,29-/m1/s1. The molecule has 0 aromatic carbocycles. The van der Waals surface area contributed by atoms with E-state index in [1.165, 1.54) is 0 Å². The molecule has 1 unspecified atom stereocenters. The van der Waals surface area contributed by atoms with E-state index in [9.17, 15) is 30.0 Å². The first kappa shape index (κ1) is 26.6. The van der Waals surface area contributed by atoms with Crippen LogP contribution in [-0.2, 0) is 9.59 Å². The quantitative estimate of drug-likeness (QED) is 0.415. The highest BCUT2D eigenvalue weighted by atomic mass is 16.4. The number of ketones is 1. The Labute approximate surface area is 209 Å². The number of aliphatic carboxylic acids is 1. The second-order valence-electron chi connectivity index (χ2n) is 12.9. The zero-order valence-electron chi connectivity index (χ0n) is 22.0. The average Bonchev–Trinajstić information content (AvgIpc) is 3.12. The predicted molar refractivity (Wildman–Crippen MR) is 133 cm³/mol. The Bertz CT molecular complexity index is 949. The van der Waals surface area contributed by atoms with Gasteiger partial charge in [0.25, 0.3) is 0 Å². The number of rotatable bonds is 6. The van der Waals surface area contributed by atoms with Gasteiger partial charge in [0.1, 0.15) is 0 Å². The highest BCUT2D eigenvalue weighted by Crippen LogP contribution is 2.66. The van der Waals surface area contributed by atoms with Gasteiger partial charge in [-0.2, -0.15) is 0 Å². The number of hydrogen-bond donors (Lipinski definition) is 4. The molecule has 0 aromatic heterocycles. The minimum Gasteiger partial charge on any atom is -0.481 e. The summed E-state index contributed by atoms with van der Waals surface area (Å²) in [5.41, 5.74) is 0.277. The van der Waals surface area contributed by atoms with Crippen LogP contribution in [0.15, 0.2) is 23.3 Å². The molecule has 4 aliphatic carbocycles. The molecular formula is C29H44O6. The highest BCUT2D eigenvalue weighted by Gasteiger charge is 2.63. The monoisotopic (exact) mass is 488 g/mol. The van der Waals surface area contributed by atoms with Gasteiger partial charge in [0.2, 0.25) is 0 Å². The smallest absolute Gasteiger partial charge is 0.310 e. The van der Waals surface area contributed by atoms with Gasteiger partial charge in [-0.1, -0.05) is 32.9 Å². The summed E-state index contributed by atoms with van der Waals surface area (Å²) in [6.07, 6.45) is 3.68. The van der Waals surface area contributed by atoms with Gasteiger partial charge in [0.15, 0.2) is 5.78 Å². The number of carbonyl (C=O) groups excluding carboxylic acids is 1. The molecule has 0 spiro atoms. The summed E-state index contributed by atoms with van der Waals surface area (Å²) < 4.78 is 0. The predicted octanol–water partition coefficient (Wildman–Crippen LogP) is 4.27. The van der Waals surface area contributed by atoms with Crippen LogP contribution in [0.2, 0.25) is 0 Å². The molecule has 196 valence electrons. The van der Waals surface area contributed by atoms with Crippen LogP contribution in [0.25, 0.3) is 0 Å². The third-order valence-electron chi connectivity index (χ3n) is 11.0. The molecule has 6 heteroatoms. The summed E-state index contributed by atoms with van der Waals surface area (Å²) in [6.45, 7) is 13.8. The minimum absolute atomic E-state index is 0.0974. The Balaban J connectivity index is 1.62. The molecule has 0 aliphatic heterocycles. The summed E-state index contributed by atoms with van der Waals surface area (Å²) in [7, 11) is 0. The van der Waals surface area contributed by atoms with Crippen LogP contribution in [0, 0.1) is 40.4 Å². The fourth-order valence-electron chi connectivity index (χ4n) is 8.71. The molecule has 2 fully saturated rings. The van der Waals surface area contributed by atoms with Crippen molar-refractivity contribution >= 4 is 11.8 Å². The number of Topliss-reactive ketones (excluding diaryl/α,β-unsaturated/α-hetero) is 1. The van der Waals surface area contributed by atoms with Gasteiger partial charge in [-0.3, -0.25) is 9.59 Å². The van der Waals surface area contributed by atoms with Crippen molar-refractivity contribution in [3.8, 4) is 0 Å². The van der Waals surface area contributed by atoms with Gasteiger partial charge in [0, 0.05) is 23.3 Å². The van der Waals surface area contributed by atoms with E-state index in [-0.39, 0.29) is 23.0 Å². The molecule has 4 N–H and O–H groups in total. The van der Waals surface area contributed by atoms with Crippen LogP contribution in [0.4, 0.5) is 0 Å². The molecule has 4 rings (SSSR count). The zero-order chi connectivity index (χ0) is 26.1. The Hall–Kier alpha value is -1.50. The molecule has 0 aromatic rings. The lowest BCUT2D eigenvalue weighted by atomic mass is 9.47. The summed E-state index contributed by atoms with van der Waals surface area (Å²) in [5.74, 6) is -0.914. The second kappa shape index (κ2) is 8.81. The third kappa shape index (κ3) is 3.95. The van der Waals surface area contributed by atoms with E-state index in [4.69, 9.17) is 0 Å². The summed E-state index contributed by atoms with van der Waals surface area (Å²) >= 11 is 0. The van der Waals surface area contributed by atoms with Crippen molar-refractivity contribution in [2.45, 2.75) is 104 Å². The van der Waals surface area contributed by atoms with E-state index < -0.39 is 35.1 Å². The fourth-order valence-corrected chi connectivity index (χ4v) is 8.71. The number of fused-ring (bicyclic) bond motifs is 4. The van der Waals surface area contributed by atoms with E-state index in [1.54, 1.807) is 13.8 Å². The molecule has 0 bridgehead atoms. The first-order valence-corrected chi connectivity index (χ1v) is 13.4. The van der Waals surface area contributed by atoms with Crippen LogP contribution < -0.4 is 0 Å². The normalized spacial score (nSPS) is 44.8. The lowest BCUT2D eigenvalue weighted by Crippen LogP contribution is -2.61. The van der Waals surface area contributed by atoms with E-state index in [2.05, 4.69) is 27.4 Å². The van der Waals surface area contributed by atoms with Crippen LogP contribution in [0.1, 0.15) is 86.0 Å². The summed E-state index contributed by atoms with van der Waals surface area (Å²) in [4.78, 5) is 25.2.